The van der Waals surface area contributed by atoms with Crippen molar-refractivity contribution in [2.24, 2.45) is 5.92 Å². The van der Waals surface area contributed by atoms with Crippen molar-refractivity contribution >= 4 is 11.9 Å². The molecule has 3 atom stereocenters. The molecular formula is C12H18O5. The Labute approximate surface area is 101 Å². The molecule has 1 fully saturated rings. The summed E-state index contributed by atoms with van der Waals surface area (Å²) >= 11 is 0. The summed E-state index contributed by atoms with van der Waals surface area (Å²) in [5.41, 5.74) is 0. The van der Waals surface area contributed by atoms with Crippen LogP contribution in [0.15, 0.2) is 12.7 Å². The van der Waals surface area contributed by atoms with Crippen LogP contribution in [0.1, 0.15) is 20.3 Å². The highest BCUT2D eigenvalue weighted by Crippen LogP contribution is 2.18. The van der Waals surface area contributed by atoms with Crippen molar-refractivity contribution in [3.8, 4) is 0 Å². The first-order valence-corrected chi connectivity index (χ1v) is 5.66. The molecule has 1 aliphatic rings. The van der Waals surface area contributed by atoms with Crippen LogP contribution in [-0.4, -0.2) is 37.4 Å². The first kappa shape index (κ1) is 13.7. The van der Waals surface area contributed by atoms with Gasteiger partial charge in [0.2, 0.25) is 0 Å². The summed E-state index contributed by atoms with van der Waals surface area (Å²) in [7, 11) is 0. The Kier molecular flexibility index (Phi) is 5.15. The zero-order chi connectivity index (χ0) is 12.8. The molecule has 0 saturated carbocycles. The molecule has 1 saturated heterocycles. The second-order valence-corrected chi connectivity index (χ2v) is 4.08. The molecule has 0 N–H and O–H groups in total. The van der Waals surface area contributed by atoms with Crippen molar-refractivity contribution in [1.82, 2.24) is 0 Å². The number of hydrogen-bond donors (Lipinski definition) is 0. The Morgan fingerprint density at radius 2 is 2.29 bits per heavy atom. The quantitative estimate of drug-likeness (QED) is 0.533. The summed E-state index contributed by atoms with van der Waals surface area (Å²) in [6.07, 6.45) is 1.51. The molecule has 3 unspecified atom stereocenters. The topological polar surface area (TPSA) is 61.8 Å². The molecule has 5 heteroatoms. The lowest BCUT2D eigenvalue weighted by Gasteiger charge is -2.18. The molecule has 0 aromatic heterocycles. The molecule has 0 aromatic carbocycles. The fourth-order valence-corrected chi connectivity index (χ4v) is 1.47. The van der Waals surface area contributed by atoms with Crippen LogP contribution in [0.5, 0.6) is 0 Å². The Bertz CT molecular complexity index is 299. The van der Waals surface area contributed by atoms with Crippen LogP contribution in [0.3, 0.4) is 0 Å². The Morgan fingerprint density at radius 1 is 1.59 bits per heavy atom. The third-order valence-corrected chi connectivity index (χ3v) is 2.62. The van der Waals surface area contributed by atoms with Gasteiger partial charge < -0.3 is 14.2 Å². The maximum atomic E-state index is 11.7. The van der Waals surface area contributed by atoms with Gasteiger partial charge in [0.25, 0.3) is 0 Å². The maximum absolute atomic E-state index is 11.7. The predicted molar refractivity (Wildman–Crippen MR) is 60.2 cm³/mol. The number of carbonyl (C=O) groups excluding carboxylic acids is 2. The molecule has 0 spiro atoms. The van der Waals surface area contributed by atoms with E-state index in [0.717, 1.165) is 6.08 Å². The van der Waals surface area contributed by atoms with E-state index in [4.69, 9.17) is 14.2 Å². The van der Waals surface area contributed by atoms with Gasteiger partial charge in [-0.1, -0.05) is 6.58 Å². The van der Waals surface area contributed by atoms with Crippen LogP contribution in [0, 0.1) is 5.92 Å². The summed E-state index contributed by atoms with van der Waals surface area (Å²) in [4.78, 5) is 22.5. The van der Waals surface area contributed by atoms with Gasteiger partial charge in [0.15, 0.2) is 0 Å². The van der Waals surface area contributed by atoms with Gasteiger partial charge in [-0.3, -0.25) is 4.79 Å². The van der Waals surface area contributed by atoms with E-state index in [1.54, 1.807) is 6.92 Å². The molecule has 1 heterocycles. The maximum Gasteiger partial charge on any atom is 0.330 e. The van der Waals surface area contributed by atoms with Gasteiger partial charge in [-0.2, -0.15) is 0 Å². The average Bonchev–Trinajstić information content (AvgIpc) is 2.71. The molecule has 17 heavy (non-hydrogen) atoms. The minimum Gasteiger partial charge on any atom is -0.462 e. The lowest BCUT2D eigenvalue weighted by atomic mass is 10.2. The molecular weight excluding hydrogens is 224 g/mol. The molecule has 1 rings (SSSR count). The van der Waals surface area contributed by atoms with Crippen molar-refractivity contribution in [2.45, 2.75) is 32.5 Å². The number of esters is 2. The summed E-state index contributed by atoms with van der Waals surface area (Å²) in [6, 6.07) is 0. The highest BCUT2D eigenvalue weighted by Gasteiger charge is 2.29. The van der Waals surface area contributed by atoms with E-state index >= 15 is 0 Å². The highest BCUT2D eigenvalue weighted by atomic mass is 16.6. The summed E-state index contributed by atoms with van der Waals surface area (Å²) < 4.78 is 15.3. The molecule has 0 aromatic rings. The van der Waals surface area contributed by atoms with E-state index in [0.29, 0.717) is 13.0 Å². The fraction of sp³-hybridized carbons (Fsp3) is 0.667. The first-order chi connectivity index (χ1) is 8.04. The van der Waals surface area contributed by atoms with Crippen molar-refractivity contribution in [3.63, 3.8) is 0 Å². The third-order valence-electron chi connectivity index (χ3n) is 2.62. The first-order valence-electron chi connectivity index (χ1n) is 5.66. The van der Waals surface area contributed by atoms with E-state index in [-0.39, 0.29) is 24.8 Å². The van der Waals surface area contributed by atoms with Gasteiger partial charge >= 0.3 is 11.9 Å². The van der Waals surface area contributed by atoms with E-state index < -0.39 is 11.9 Å². The molecule has 0 amide bonds. The normalized spacial score (nSPS) is 25.1. The average molecular weight is 242 g/mol. The number of ether oxygens (including phenoxy) is 3. The zero-order valence-corrected chi connectivity index (χ0v) is 10.2. The Hall–Kier alpha value is -1.36. The number of rotatable bonds is 5. The van der Waals surface area contributed by atoms with Crippen LogP contribution in [0.25, 0.3) is 0 Å². The summed E-state index contributed by atoms with van der Waals surface area (Å²) in [5.74, 6) is -1.39. The lowest BCUT2D eigenvalue weighted by Crippen LogP contribution is -2.29. The van der Waals surface area contributed by atoms with E-state index in [1.165, 1.54) is 0 Å². The van der Waals surface area contributed by atoms with Crippen LogP contribution >= 0.6 is 0 Å². The smallest absolute Gasteiger partial charge is 0.330 e. The van der Waals surface area contributed by atoms with Gasteiger partial charge in [0.1, 0.15) is 12.7 Å². The van der Waals surface area contributed by atoms with Gasteiger partial charge in [-0.25, -0.2) is 4.79 Å². The van der Waals surface area contributed by atoms with Gasteiger partial charge in [0.05, 0.1) is 18.6 Å². The molecule has 5 nitrogen and oxygen atoms in total. The monoisotopic (exact) mass is 242 g/mol. The minimum absolute atomic E-state index is 0.00560. The van der Waals surface area contributed by atoms with Crippen molar-refractivity contribution in [3.05, 3.63) is 12.7 Å². The van der Waals surface area contributed by atoms with Crippen LogP contribution in [0.4, 0.5) is 0 Å². The van der Waals surface area contributed by atoms with Crippen LogP contribution < -0.4 is 0 Å². The van der Waals surface area contributed by atoms with E-state index in [9.17, 15) is 9.59 Å². The lowest BCUT2D eigenvalue weighted by molar-refractivity contribution is -0.159. The number of carbonyl (C=O) groups is 2. The molecule has 0 bridgehead atoms. The molecule has 0 radical (unpaired) electrons. The van der Waals surface area contributed by atoms with Crippen LogP contribution in [0.2, 0.25) is 0 Å². The predicted octanol–water partition coefficient (Wildman–Crippen LogP) is 1.07. The molecule has 0 aliphatic carbocycles. The largest absolute Gasteiger partial charge is 0.462 e. The van der Waals surface area contributed by atoms with Gasteiger partial charge in [-0.15, -0.1) is 0 Å². The Balaban J connectivity index is 2.31. The summed E-state index contributed by atoms with van der Waals surface area (Å²) in [5, 5.41) is 0. The molecule has 96 valence electrons. The Morgan fingerprint density at radius 3 is 2.82 bits per heavy atom. The van der Waals surface area contributed by atoms with Crippen LogP contribution in [-0.2, 0) is 23.8 Å². The van der Waals surface area contributed by atoms with E-state index in [1.807, 2.05) is 6.92 Å². The van der Waals surface area contributed by atoms with Crippen molar-refractivity contribution in [1.29, 1.82) is 0 Å². The van der Waals surface area contributed by atoms with Gasteiger partial charge in [-0.05, 0) is 13.8 Å². The molecule has 1 aliphatic heterocycles. The SMILES string of the molecule is C=CC(=O)OCC(C)C(=O)OC1CCOC1C. The fourth-order valence-electron chi connectivity index (χ4n) is 1.47. The second-order valence-electron chi connectivity index (χ2n) is 4.08. The van der Waals surface area contributed by atoms with Crippen molar-refractivity contribution in [2.75, 3.05) is 13.2 Å². The minimum atomic E-state index is -0.540. The highest BCUT2D eigenvalue weighted by molar-refractivity contribution is 5.81. The number of hydrogen-bond acceptors (Lipinski definition) is 5. The zero-order valence-electron chi connectivity index (χ0n) is 10.2. The third kappa shape index (κ3) is 4.19. The second kappa shape index (κ2) is 6.39. The van der Waals surface area contributed by atoms with Crippen molar-refractivity contribution < 1.29 is 23.8 Å². The van der Waals surface area contributed by atoms with E-state index in [2.05, 4.69) is 6.58 Å². The summed E-state index contributed by atoms with van der Waals surface area (Å²) in [6.45, 7) is 7.41. The standard InChI is InChI=1S/C12H18O5/c1-4-11(13)16-7-8(2)12(14)17-10-5-6-15-9(10)3/h4,8-10H,1,5-7H2,2-3H3. The van der Waals surface area contributed by atoms with Gasteiger partial charge in [0, 0.05) is 12.5 Å².